The molecule has 1 aliphatic heterocycles. The van der Waals surface area contributed by atoms with Crippen molar-refractivity contribution in [3.63, 3.8) is 0 Å². The highest BCUT2D eigenvalue weighted by Gasteiger charge is 2.30. The zero-order valence-electron chi connectivity index (χ0n) is 14.5. The fourth-order valence-corrected chi connectivity index (χ4v) is 3.96. The Bertz CT molecular complexity index is 1110. The van der Waals surface area contributed by atoms with Gasteiger partial charge >= 0.3 is 0 Å². The van der Waals surface area contributed by atoms with Gasteiger partial charge in [-0.3, -0.25) is 19.3 Å². The van der Waals surface area contributed by atoms with Crippen LogP contribution in [0.25, 0.3) is 10.2 Å². The second-order valence-corrected chi connectivity index (χ2v) is 7.14. The lowest BCUT2D eigenvalue weighted by atomic mass is 10.2. The Balaban J connectivity index is 1.54. The fourth-order valence-electron chi connectivity index (χ4n) is 2.98. The molecule has 0 radical (unpaired) electrons. The van der Waals surface area contributed by atoms with Crippen molar-refractivity contribution >= 4 is 45.0 Å². The summed E-state index contributed by atoms with van der Waals surface area (Å²) in [5.41, 5.74) is 4.47. The normalized spacial score (nSPS) is 15.0. The third-order valence-corrected chi connectivity index (χ3v) is 5.52. The molecule has 27 heavy (non-hydrogen) atoms. The van der Waals surface area contributed by atoms with E-state index in [9.17, 15) is 14.4 Å². The van der Waals surface area contributed by atoms with Crippen LogP contribution >= 0.6 is 11.3 Å². The lowest BCUT2D eigenvalue weighted by Crippen LogP contribution is -2.28. The maximum absolute atomic E-state index is 12.3. The van der Waals surface area contributed by atoms with Crippen LogP contribution in [0.5, 0.6) is 0 Å². The van der Waals surface area contributed by atoms with Crippen LogP contribution in [0.2, 0.25) is 0 Å². The van der Waals surface area contributed by atoms with Gasteiger partial charge in [-0.2, -0.15) is 0 Å². The zero-order chi connectivity index (χ0) is 19.0. The molecule has 0 unspecified atom stereocenters. The molecule has 136 valence electrons. The monoisotopic (exact) mass is 380 g/mol. The first-order chi connectivity index (χ1) is 13.0. The van der Waals surface area contributed by atoms with Crippen molar-refractivity contribution in [1.82, 2.24) is 9.99 Å². The van der Waals surface area contributed by atoms with Crippen molar-refractivity contribution in [3.05, 3.63) is 58.9 Å². The molecule has 0 bridgehead atoms. The molecule has 1 saturated heterocycles. The average molecular weight is 380 g/mol. The Labute approximate surface area is 158 Å². The summed E-state index contributed by atoms with van der Waals surface area (Å²) in [6, 6.07) is 14.2. The summed E-state index contributed by atoms with van der Waals surface area (Å²) in [6.07, 6.45) is 0.457. The van der Waals surface area contributed by atoms with Crippen molar-refractivity contribution in [2.75, 3.05) is 4.90 Å². The van der Waals surface area contributed by atoms with Crippen LogP contribution in [0.15, 0.2) is 53.6 Å². The van der Waals surface area contributed by atoms with Crippen LogP contribution in [-0.2, 0) is 16.6 Å². The van der Waals surface area contributed by atoms with E-state index in [-0.39, 0.29) is 30.6 Å². The Morgan fingerprint density at radius 1 is 1.04 bits per heavy atom. The summed E-state index contributed by atoms with van der Waals surface area (Å²) in [5, 5.41) is 4.21. The van der Waals surface area contributed by atoms with E-state index in [1.165, 1.54) is 11.3 Å². The van der Waals surface area contributed by atoms with Gasteiger partial charge in [0, 0.05) is 25.5 Å². The topological polar surface area (TPSA) is 83.8 Å². The van der Waals surface area contributed by atoms with Crippen LogP contribution in [-0.4, -0.2) is 22.3 Å². The van der Waals surface area contributed by atoms with E-state index < -0.39 is 0 Å². The van der Waals surface area contributed by atoms with Gasteiger partial charge in [-0.25, -0.2) is 5.43 Å². The number of rotatable bonds is 3. The third kappa shape index (κ3) is 3.15. The summed E-state index contributed by atoms with van der Waals surface area (Å²) < 4.78 is 2.99. The molecule has 8 heteroatoms. The van der Waals surface area contributed by atoms with E-state index in [0.717, 1.165) is 15.1 Å². The molecule has 1 aliphatic rings. The lowest BCUT2D eigenvalue weighted by molar-refractivity contribution is -0.121. The van der Waals surface area contributed by atoms with Crippen LogP contribution < -0.4 is 15.1 Å². The number of fused-ring (bicyclic) bond motifs is 1. The van der Waals surface area contributed by atoms with E-state index in [2.05, 4.69) is 10.5 Å². The molecule has 2 heterocycles. The third-order valence-electron chi connectivity index (χ3n) is 4.41. The van der Waals surface area contributed by atoms with E-state index in [1.54, 1.807) is 24.3 Å². The van der Waals surface area contributed by atoms with E-state index in [4.69, 9.17) is 0 Å². The number of para-hydroxylation sites is 1. The molecule has 1 N–H and O–H groups in total. The second-order valence-electron chi connectivity index (χ2n) is 6.13. The van der Waals surface area contributed by atoms with Crippen molar-refractivity contribution in [1.29, 1.82) is 0 Å². The molecule has 0 saturated carbocycles. The number of thiazole rings is 1. The predicted molar refractivity (Wildman–Crippen MR) is 102 cm³/mol. The van der Waals surface area contributed by atoms with E-state index in [0.29, 0.717) is 16.1 Å². The number of carbonyl (C=O) groups excluding carboxylic acids is 3. The average Bonchev–Trinajstić information content (AvgIpc) is 3.19. The van der Waals surface area contributed by atoms with Gasteiger partial charge in [0.05, 0.1) is 15.9 Å². The fraction of sp³-hybridized carbons (Fsp3) is 0.158. The van der Waals surface area contributed by atoms with Crippen LogP contribution in [0, 0.1) is 0 Å². The first kappa shape index (κ1) is 17.2. The first-order valence-corrected chi connectivity index (χ1v) is 9.21. The lowest BCUT2D eigenvalue weighted by Gasteiger charge is -2.13. The largest absolute Gasteiger partial charge is 0.318 e. The zero-order valence-corrected chi connectivity index (χ0v) is 15.3. The molecule has 7 nitrogen and oxygen atoms in total. The van der Waals surface area contributed by atoms with Gasteiger partial charge in [0.15, 0.2) is 0 Å². The predicted octanol–water partition coefficient (Wildman–Crippen LogP) is 2.14. The highest BCUT2D eigenvalue weighted by atomic mass is 32.1. The standard InChI is InChI=1S/C19H16N4O3S/c1-22-14-4-2-3-5-15(14)27-19(22)21-20-18(26)12-6-8-13(9-7-12)23-16(24)10-11-17(23)25/h2-9H,10-11H2,1H3,(H,20,26)/b21-19-. The summed E-state index contributed by atoms with van der Waals surface area (Å²) >= 11 is 1.48. The van der Waals surface area contributed by atoms with Crippen LogP contribution in [0.1, 0.15) is 23.2 Å². The van der Waals surface area contributed by atoms with Crippen molar-refractivity contribution in [2.24, 2.45) is 12.1 Å². The number of hydrogen-bond acceptors (Lipinski definition) is 5. The van der Waals surface area contributed by atoms with Gasteiger partial charge < -0.3 is 4.57 Å². The number of hydrogen-bond donors (Lipinski definition) is 1. The number of aromatic nitrogens is 1. The molecule has 1 fully saturated rings. The summed E-state index contributed by atoms with van der Waals surface area (Å²) in [5.74, 6) is -0.799. The molecule has 3 aromatic rings. The molecule has 1 aromatic heterocycles. The molecule has 3 amide bonds. The minimum atomic E-state index is -0.363. The quantitative estimate of drug-likeness (QED) is 0.558. The number of amides is 3. The van der Waals surface area contributed by atoms with Crippen molar-refractivity contribution < 1.29 is 14.4 Å². The number of nitrogens with one attached hydrogen (secondary N) is 1. The summed E-state index contributed by atoms with van der Waals surface area (Å²) in [7, 11) is 1.89. The van der Waals surface area contributed by atoms with Gasteiger partial charge in [0.1, 0.15) is 0 Å². The maximum Gasteiger partial charge on any atom is 0.271 e. The number of anilines is 1. The first-order valence-electron chi connectivity index (χ1n) is 8.39. The molecular formula is C19H16N4O3S. The minimum Gasteiger partial charge on any atom is -0.318 e. The highest BCUT2D eigenvalue weighted by molar-refractivity contribution is 7.16. The van der Waals surface area contributed by atoms with Crippen LogP contribution in [0.4, 0.5) is 5.69 Å². The Morgan fingerprint density at radius 3 is 2.37 bits per heavy atom. The number of aryl methyl sites for hydroxylation is 1. The van der Waals surface area contributed by atoms with Gasteiger partial charge in [0.25, 0.3) is 5.91 Å². The number of carbonyl (C=O) groups is 3. The van der Waals surface area contributed by atoms with Gasteiger partial charge in [-0.1, -0.05) is 23.5 Å². The van der Waals surface area contributed by atoms with E-state index >= 15 is 0 Å². The van der Waals surface area contributed by atoms with E-state index in [1.807, 2.05) is 35.9 Å². The maximum atomic E-state index is 12.3. The Kier molecular flexibility index (Phi) is 4.33. The number of benzene rings is 2. The Morgan fingerprint density at radius 2 is 1.70 bits per heavy atom. The van der Waals surface area contributed by atoms with Crippen LogP contribution in [0.3, 0.4) is 0 Å². The van der Waals surface area contributed by atoms with Crippen molar-refractivity contribution in [2.45, 2.75) is 12.8 Å². The Hall–Kier alpha value is -3.26. The molecule has 0 aliphatic carbocycles. The summed E-state index contributed by atoms with van der Waals surface area (Å²) in [4.78, 5) is 37.7. The SMILES string of the molecule is Cn1/c(=N/NC(=O)c2ccc(N3C(=O)CCC3=O)cc2)sc2ccccc21. The smallest absolute Gasteiger partial charge is 0.271 e. The number of nitrogens with zero attached hydrogens (tertiary/aromatic N) is 3. The number of imide groups is 1. The van der Waals surface area contributed by atoms with Gasteiger partial charge in [-0.15, -0.1) is 5.10 Å². The molecular weight excluding hydrogens is 364 g/mol. The second kappa shape index (κ2) is 6.81. The molecule has 4 rings (SSSR count). The molecule has 2 aromatic carbocycles. The minimum absolute atomic E-state index is 0.218. The van der Waals surface area contributed by atoms with Gasteiger partial charge in [0.2, 0.25) is 16.6 Å². The van der Waals surface area contributed by atoms with Gasteiger partial charge in [-0.05, 0) is 36.4 Å². The van der Waals surface area contributed by atoms with Crippen molar-refractivity contribution in [3.8, 4) is 0 Å². The summed E-state index contributed by atoms with van der Waals surface area (Å²) in [6.45, 7) is 0. The molecule has 0 spiro atoms. The molecule has 0 atom stereocenters. The highest BCUT2D eigenvalue weighted by Crippen LogP contribution is 2.22.